The third kappa shape index (κ3) is 3.46. The maximum absolute atomic E-state index is 6.08. The van der Waals surface area contributed by atoms with Crippen LogP contribution in [0.1, 0.15) is 58.8 Å². The summed E-state index contributed by atoms with van der Waals surface area (Å²) in [6.45, 7) is 4.39. The maximum Gasteiger partial charge on any atom is 0.0631 e. The lowest BCUT2D eigenvalue weighted by Crippen LogP contribution is -2.23. The molecule has 0 amide bonds. The van der Waals surface area contributed by atoms with Crippen molar-refractivity contribution >= 4 is 0 Å². The van der Waals surface area contributed by atoms with Crippen LogP contribution >= 0.6 is 0 Å². The van der Waals surface area contributed by atoms with Crippen LogP contribution in [0.15, 0.2) is 0 Å². The first kappa shape index (κ1) is 11.4. The van der Waals surface area contributed by atoms with Crippen LogP contribution in [0.4, 0.5) is 0 Å². The standard InChI is InChI=1S/C13H25NO/c1-13(2)9-8-11(15-13)4-3-5-12(14)10-6-7-10/h10-12H,3-9,14H2,1-2H3. The Morgan fingerprint density at radius 3 is 2.60 bits per heavy atom. The molecule has 2 atom stereocenters. The molecule has 88 valence electrons. The lowest BCUT2D eigenvalue weighted by Gasteiger charge is -2.19. The molecule has 2 rings (SSSR count). The van der Waals surface area contributed by atoms with E-state index in [1.807, 2.05) is 0 Å². The average Bonchev–Trinajstić information content (AvgIpc) is 2.92. The number of ether oxygens (including phenoxy) is 1. The van der Waals surface area contributed by atoms with E-state index in [0.717, 1.165) is 5.92 Å². The molecule has 0 radical (unpaired) electrons. The zero-order chi connectivity index (χ0) is 10.9. The molecule has 2 aliphatic rings. The summed E-state index contributed by atoms with van der Waals surface area (Å²) in [5.41, 5.74) is 6.20. The smallest absolute Gasteiger partial charge is 0.0631 e. The second-order valence-electron chi connectivity index (χ2n) is 5.97. The van der Waals surface area contributed by atoms with E-state index in [-0.39, 0.29) is 5.60 Å². The van der Waals surface area contributed by atoms with Gasteiger partial charge in [0.15, 0.2) is 0 Å². The Balaban J connectivity index is 1.58. The van der Waals surface area contributed by atoms with Gasteiger partial charge in [-0.15, -0.1) is 0 Å². The monoisotopic (exact) mass is 211 g/mol. The number of hydrogen-bond acceptors (Lipinski definition) is 2. The number of rotatable bonds is 5. The minimum Gasteiger partial charge on any atom is -0.372 e. The van der Waals surface area contributed by atoms with E-state index in [9.17, 15) is 0 Å². The summed E-state index contributed by atoms with van der Waals surface area (Å²) in [6, 6.07) is 0.472. The summed E-state index contributed by atoms with van der Waals surface area (Å²) in [4.78, 5) is 0. The Morgan fingerprint density at radius 2 is 2.07 bits per heavy atom. The Bertz CT molecular complexity index is 211. The molecule has 1 aliphatic carbocycles. The summed E-state index contributed by atoms with van der Waals surface area (Å²) in [5, 5.41) is 0. The lowest BCUT2D eigenvalue weighted by molar-refractivity contribution is -0.0192. The van der Waals surface area contributed by atoms with Gasteiger partial charge in [-0.05, 0) is 64.7 Å². The average molecular weight is 211 g/mol. The quantitative estimate of drug-likeness (QED) is 0.759. The van der Waals surface area contributed by atoms with Crippen LogP contribution < -0.4 is 5.73 Å². The highest BCUT2D eigenvalue weighted by atomic mass is 16.5. The molecule has 0 aromatic rings. The molecule has 2 nitrogen and oxygen atoms in total. The molecule has 1 aliphatic heterocycles. The van der Waals surface area contributed by atoms with Gasteiger partial charge in [0.25, 0.3) is 0 Å². The van der Waals surface area contributed by atoms with Gasteiger partial charge >= 0.3 is 0 Å². The highest BCUT2D eigenvalue weighted by Gasteiger charge is 2.32. The van der Waals surface area contributed by atoms with Crippen molar-refractivity contribution in [3.8, 4) is 0 Å². The van der Waals surface area contributed by atoms with E-state index >= 15 is 0 Å². The van der Waals surface area contributed by atoms with E-state index < -0.39 is 0 Å². The van der Waals surface area contributed by atoms with Crippen molar-refractivity contribution in [2.75, 3.05) is 0 Å². The van der Waals surface area contributed by atoms with Gasteiger partial charge in [0.05, 0.1) is 11.7 Å². The first-order chi connectivity index (χ1) is 7.07. The van der Waals surface area contributed by atoms with Gasteiger partial charge in [-0.2, -0.15) is 0 Å². The Hall–Kier alpha value is -0.0800. The van der Waals surface area contributed by atoms with E-state index in [2.05, 4.69) is 13.8 Å². The Morgan fingerprint density at radius 1 is 1.33 bits per heavy atom. The fourth-order valence-electron chi connectivity index (χ4n) is 2.62. The van der Waals surface area contributed by atoms with E-state index in [1.54, 1.807) is 0 Å². The zero-order valence-electron chi connectivity index (χ0n) is 10.2. The van der Waals surface area contributed by atoms with Crippen LogP contribution in [0.25, 0.3) is 0 Å². The van der Waals surface area contributed by atoms with Gasteiger partial charge in [-0.1, -0.05) is 0 Å². The van der Waals surface area contributed by atoms with Crippen molar-refractivity contribution in [3.63, 3.8) is 0 Å². The molecular formula is C13H25NO. The second kappa shape index (κ2) is 4.42. The van der Waals surface area contributed by atoms with Crippen LogP contribution in [0, 0.1) is 5.92 Å². The predicted molar refractivity (Wildman–Crippen MR) is 62.7 cm³/mol. The van der Waals surface area contributed by atoms with Gasteiger partial charge in [0, 0.05) is 6.04 Å². The topological polar surface area (TPSA) is 35.2 Å². The predicted octanol–water partition coefficient (Wildman–Crippen LogP) is 2.85. The van der Waals surface area contributed by atoms with Crippen LogP contribution in [0.5, 0.6) is 0 Å². The number of hydrogen-bond donors (Lipinski definition) is 1. The SMILES string of the molecule is CC1(C)CCC(CCCC(N)C2CC2)O1. The first-order valence-corrected chi connectivity index (χ1v) is 6.50. The lowest BCUT2D eigenvalue weighted by atomic mass is 10.0. The van der Waals surface area contributed by atoms with Gasteiger partial charge in [0.1, 0.15) is 0 Å². The van der Waals surface area contributed by atoms with Gasteiger partial charge in [0.2, 0.25) is 0 Å². The molecule has 1 saturated heterocycles. The molecule has 0 aromatic heterocycles. The molecule has 2 N–H and O–H groups in total. The minimum absolute atomic E-state index is 0.128. The zero-order valence-corrected chi connectivity index (χ0v) is 10.2. The van der Waals surface area contributed by atoms with Crippen molar-refractivity contribution in [1.82, 2.24) is 0 Å². The fourth-order valence-corrected chi connectivity index (χ4v) is 2.62. The summed E-state index contributed by atoms with van der Waals surface area (Å²) in [7, 11) is 0. The molecule has 2 heteroatoms. The summed E-state index contributed by atoms with van der Waals surface area (Å²) in [6.07, 6.45) is 9.36. The molecule has 1 heterocycles. The van der Waals surface area contributed by atoms with Crippen molar-refractivity contribution in [3.05, 3.63) is 0 Å². The molecule has 2 fully saturated rings. The van der Waals surface area contributed by atoms with Crippen LogP contribution in [0.3, 0.4) is 0 Å². The minimum atomic E-state index is 0.128. The molecule has 15 heavy (non-hydrogen) atoms. The maximum atomic E-state index is 6.08. The van der Waals surface area contributed by atoms with E-state index in [1.165, 1.54) is 44.9 Å². The molecule has 1 saturated carbocycles. The molecule has 0 spiro atoms. The molecule has 0 aromatic carbocycles. The van der Waals surface area contributed by atoms with Gasteiger partial charge in [-0.25, -0.2) is 0 Å². The fraction of sp³-hybridized carbons (Fsp3) is 1.00. The van der Waals surface area contributed by atoms with Crippen molar-refractivity contribution in [1.29, 1.82) is 0 Å². The summed E-state index contributed by atoms with van der Waals surface area (Å²) < 4.78 is 5.97. The van der Waals surface area contributed by atoms with Gasteiger partial charge < -0.3 is 10.5 Å². The Labute approximate surface area is 93.6 Å². The van der Waals surface area contributed by atoms with Crippen molar-refractivity contribution in [2.45, 2.75) is 76.5 Å². The molecule has 0 bridgehead atoms. The highest BCUT2D eigenvalue weighted by molar-refractivity contribution is 4.85. The molecular weight excluding hydrogens is 186 g/mol. The van der Waals surface area contributed by atoms with E-state index in [0.29, 0.717) is 12.1 Å². The normalized spacial score (nSPS) is 31.8. The van der Waals surface area contributed by atoms with E-state index in [4.69, 9.17) is 10.5 Å². The molecule has 2 unspecified atom stereocenters. The van der Waals surface area contributed by atoms with Crippen LogP contribution in [-0.4, -0.2) is 17.7 Å². The van der Waals surface area contributed by atoms with Crippen LogP contribution in [0.2, 0.25) is 0 Å². The highest BCUT2D eigenvalue weighted by Crippen LogP contribution is 2.35. The number of nitrogens with two attached hydrogens (primary N) is 1. The van der Waals surface area contributed by atoms with Crippen LogP contribution in [-0.2, 0) is 4.74 Å². The largest absolute Gasteiger partial charge is 0.372 e. The third-order valence-corrected chi connectivity index (χ3v) is 3.85. The van der Waals surface area contributed by atoms with Gasteiger partial charge in [-0.3, -0.25) is 0 Å². The third-order valence-electron chi connectivity index (χ3n) is 3.85. The Kier molecular flexibility index (Phi) is 3.36. The summed E-state index contributed by atoms with van der Waals surface area (Å²) >= 11 is 0. The van der Waals surface area contributed by atoms with Crippen molar-refractivity contribution in [2.24, 2.45) is 11.7 Å². The first-order valence-electron chi connectivity index (χ1n) is 6.50. The van der Waals surface area contributed by atoms with Crippen molar-refractivity contribution < 1.29 is 4.74 Å². The summed E-state index contributed by atoms with van der Waals surface area (Å²) in [5.74, 6) is 0.853. The second-order valence-corrected chi connectivity index (χ2v) is 5.97.